The molecule has 0 unspecified atom stereocenters. The summed E-state index contributed by atoms with van der Waals surface area (Å²) in [5.41, 5.74) is 2.31. The van der Waals surface area contributed by atoms with Crippen molar-refractivity contribution < 1.29 is 4.79 Å². The van der Waals surface area contributed by atoms with Gasteiger partial charge in [0.05, 0.1) is 6.42 Å². The van der Waals surface area contributed by atoms with Gasteiger partial charge in [0, 0.05) is 16.3 Å². The number of aromatic amines is 1. The summed E-state index contributed by atoms with van der Waals surface area (Å²) in [6, 6.07) is 14.5. The maximum atomic E-state index is 12.1. The van der Waals surface area contributed by atoms with Gasteiger partial charge >= 0.3 is 0 Å². The Morgan fingerprint density at radius 2 is 2.05 bits per heavy atom. The number of nitrogens with zero attached hydrogens (tertiary/aromatic N) is 3. The maximum absolute atomic E-state index is 12.1. The molecule has 3 aromatic rings. The van der Waals surface area contributed by atoms with E-state index in [4.69, 9.17) is 11.6 Å². The van der Waals surface area contributed by atoms with E-state index in [1.54, 1.807) is 24.3 Å². The van der Waals surface area contributed by atoms with E-state index < -0.39 is 0 Å². The molecule has 3 rings (SSSR count). The Morgan fingerprint density at radius 3 is 2.82 bits per heavy atom. The zero-order chi connectivity index (χ0) is 15.4. The minimum atomic E-state index is -0.118. The lowest BCUT2D eigenvalue weighted by Crippen LogP contribution is -2.14. The number of hydrogen-bond acceptors (Lipinski definition) is 4. The number of nitrogens with one attached hydrogen (secondary N) is 2. The number of carbonyl (C=O) groups is 1. The quantitative estimate of drug-likeness (QED) is 0.775. The summed E-state index contributed by atoms with van der Waals surface area (Å²) in [5.74, 6) is 0.360. The van der Waals surface area contributed by atoms with Crippen LogP contribution in [0.4, 0.5) is 5.69 Å². The van der Waals surface area contributed by atoms with Gasteiger partial charge in [-0.25, -0.2) is 0 Å². The van der Waals surface area contributed by atoms with E-state index in [-0.39, 0.29) is 12.3 Å². The number of benzene rings is 2. The fourth-order valence-electron chi connectivity index (χ4n) is 2.06. The van der Waals surface area contributed by atoms with E-state index >= 15 is 0 Å². The zero-order valence-electron chi connectivity index (χ0n) is 11.5. The van der Waals surface area contributed by atoms with Crippen LogP contribution in [0, 0.1) is 0 Å². The van der Waals surface area contributed by atoms with Crippen molar-refractivity contribution >= 4 is 23.2 Å². The molecule has 0 radical (unpaired) electrons. The summed E-state index contributed by atoms with van der Waals surface area (Å²) in [7, 11) is 0. The highest BCUT2D eigenvalue weighted by Crippen LogP contribution is 2.18. The predicted molar refractivity (Wildman–Crippen MR) is 83.4 cm³/mol. The summed E-state index contributed by atoms with van der Waals surface area (Å²) in [6.07, 6.45) is 0.257. The normalized spacial score (nSPS) is 10.4. The average molecular weight is 314 g/mol. The van der Waals surface area contributed by atoms with Gasteiger partial charge in [-0.05, 0) is 35.0 Å². The third kappa shape index (κ3) is 3.48. The first kappa shape index (κ1) is 14.2. The molecule has 0 aliphatic heterocycles. The standard InChI is InChI=1S/C15H12ClN5O/c16-12-5-1-3-10(7-12)8-14(22)17-13-6-2-4-11(9-13)15-18-20-21-19-15/h1-7,9H,8H2,(H,17,22)(H,18,19,20,21). The highest BCUT2D eigenvalue weighted by Gasteiger charge is 2.07. The third-order valence-electron chi connectivity index (χ3n) is 3.00. The number of halogens is 1. The monoisotopic (exact) mass is 313 g/mol. The largest absolute Gasteiger partial charge is 0.326 e. The Kier molecular flexibility index (Phi) is 4.11. The molecule has 0 bridgehead atoms. The summed E-state index contributed by atoms with van der Waals surface area (Å²) in [4.78, 5) is 12.1. The highest BCUT2D eigenvalue weighted by molar-refractivity contribution is 6.30. The van der Waals surface area contributed by atoms with E-state index in [9.17, 15) is 4.79 Å². The molecule has 110 valence electrons. The third-order valence-corrected chi connectivity index (χ3v) is 3.24. The molecule has 0 saturated heterocycles. The molecule has 7 heteroatoms. The molecular formula is C15H12ClN5O. The molecule has 0 aliphatic rings. The molecule has 0 spiro atoms. The number of tetrazole rings is 1. The van der Waals surface area contributed by atoms with Crippen molar-refractivity contribution in [2.75, 3.05) is 5.32 Å². The van der Waals surface area contributed by atoms with Crippen molar-refractivity contribution in [3.8, 4) is 11.4 Å². The van der Waals surface area contributed by atoms with Crippen molar-refractivity contribution in [2.24, 2.45) is 0 Å². The molecule has 0 aliphatic carbocycles. The van der Waals surface area contributed by atoms with E-state index in [1.807, 2.05) is 24.3 Å². The van der Waals surface area contributed by atoms with Crippen LogP contribution in [-0.2, 0) is 11.2 Å². The van der Waals surface area contributed by atoms with E-state index in [0.29, 0.717) is 16.5 Å². The highest BCUT2D eigenvalue weighted by atomic mass is 35.5. The van der Waals surface area contributed by atoms with Crippen LogP contribution in [0.5, 0.6) is 0 Å². The average Bonchev–Trinajstić information content (AvgIpc) is 3.01. The molecule has 1 heterocycles. The van der Waals surface area contributed by atoms with Gasteiger partial charge in [0.25, 0.3) is 0 Å². The lowest BCUT2D eigenvalue weighted by Gasteiger charge is -2.06. The number of hydrogen-bond donors (Lipinski definition) is 2. The van der Waals surface area contributed by atoms with E-state index in [1.165, 1.54) is 0 Å². The van der Waals surface area contributed by atoms with Crippen LogP contribution in [0.3, 0.4) is 0 Å². The van der Waals surface area contributed by atoms with Crippen LogP contribution >= 0.6 is 11.6 Å². The van der Waals surface area contributed by atoms with Crippen LogP contribution in [0.25, 0.3) is 11.4 Å². The van der Waals surface area contributed by atoms with Gasteiger partial charge in [-0.2, -0.15) is 5.21 Å². The van der Waals surface area contributed by atoms with Crippen LogP contribution in [0.1, 0.15) is 5.56 Å². The van der Waals surface area contributed by atoms with Gasteiger partial charge < -0.3 is 5.32 Å². The number of anilines is 1. The Hall–Kier alpha value is -2.73. The second-order valence-corrected chi connectivity index (χ2v) is 5.11. The van der Waals surface area contributed by atoms with Crippen molar-refractivity contribution in [1.82, 2.24) is 20.6 Å². The number of amides is 1. The van der Waals surface area contributed by atoms with Crippen LogP contribution in [-0.4, -0.2) is 26.5 Å². The minimum Gasteiger partial charge on any atom is -0.326 e. The maximum Gasteiger partial charge on any atom is 0.228 e. The SMILES string of the molecule is O=C(Cc1cccc(Cl)c1)Nc1cccc(-c2nn[nH]n2)c1. The van der Waals surface area contributed by atoms with Gasteiger partial charge in [-0.3, -0.25) is 4.79 Å². The summed E-state index contributed by atoms with van der Waals surface area (Å²) < 4.78 is 0. The van der Waals surface area contributed by atoms with Crippen LogP contribution in [0.15, 0.2) is 48.5 Å². The van der Waals surface area contributed by atoms with Crippen LogP contribution < -0.4 is 5.32 Å². The van der Waals surface area contributed by atoms with Gasteiger partial charge in [0.1, 0.15) is 0 Å². The lowest BCUT2D eigenvalue weighted by molar-refractivity contribution is -0.115. The predicted octanol–water partition coefficient (Wildman–Crippen LogP) is 2.70. The van der Waals surface area contributed by atoms with Crippen molar-refractivity contribution in [2.45, 2.75) is 6.42 Å². The molecule has 6 nitrogen and oxygen atoms in total. The molecule has 2 aromatic carbocycles. The fourth-order valence-corrected chi connectivity index (χ4v) is 2.27. The van der Waals surface area contributed by atoms with Crippen molar-refractivity contribution in [3.63, 3.8) is 0 Å². The van der Waals surface area contributed by atoms with Crippen LogP contribution in [0.2, 0.25) is 5.02 Å². The first-order valence-electron chi connectivity index (χ1n) is 6.59. The Morgan fingerprint density at radius 1 is 1.18 bits per heavy atom. The first-order valence-corrected chi connectivity index (χ1v) is 6.97. The summed E-state index contributed by atoms with van der Waals surface area (Å²) in [5, 5.41) is 17.2. The molecule has 0 atom stereocenters. The molecule has 0 saturated carbocycles. The molecule has 2 N–H and O–H groups in total. The number of carbonyl (C=O) groups excluding carboxylic acids is 1. The molecule has 1 aromatic heterocycles. The molecular weight excluding hydrogens is 302 g/mol. The van der Waals surface area contributed by atoms with Gasteiger partial charge in [-0.1, -0.05) is 35.9 Å². The minimum absolute atomic E-state index is 0.118. The summed E-state index contributed by atoms with van der Waals surface area (Å²) >= 11 is 5.91. The van der Waals surface area contributed by atoms with Gasteiger partial charge in [-0.15, -0.1) is 10.2 Å². The summed E-state index contributed by atoms with van der Waals surface area (Å²) in [6.45, 7) is 0. The van der Waals surface area contributed by atoms with Crippen molar-refractivity contribution in [1.29, 1.82) is 0 Å². The molecule has 22 heavy (non-hydrogen) atoms. The van der Waals surface area contributed by atoms with Gasteiger partial charge in [0.15, 0.2) is 0 Å². The van der Waals surface area contributed by atoms with Crippen molar-refractivity contribution in [3.05, 3.63) is 59.1 Å². The molecule has 1 amide bonds. The second kappa shape index (κ2) is 6.36. The molecule has 0 fully saturated rings. The Balaban J connectivity index is 1.70. The number of rotatable bonds is 4. The Labute approximate surface area is 131 Å². The smallest absolute Gasteiger partial charge is 0.228 e. The van der Waals surface area contributed by atoms with Gasteiger partial charge in [0.2, 0.25) is 11.7 Å². The number of aromatic nitrogens is 4. The second-order valence-electron chi connectivity index (χ2n) is 4.67. The fraction of sp³-hybridized carbons (Fsp3) is 0.0667. The first-order chi connectivity index (χ1) is 10.7. The number of H-pyrrole nitrogens is 1. The van der Waals surface area contributed by atoms with E-state index in [2.05, 4.69) is 25.9 Å². The lowest BCUT2D eigenvalue weighted by atomic mass is 10.1. The van der Waals surface area contributed by atoms with E-state index in [0.717, 1.165) is 11.1 Å². The zero-order valence-corrected chi connectivity index (χ0v) is 12.2. The Bertz CT molecular complexity index is 788. The topological polar surface area (TPSA) is 83.6 Å².